The molecule has 0 saturated carbocycles. The Hall–Kier alpha value is -1.36. The van der Waals surface area contributed by atoms with Crippen LogP contribution in [0.2, 0.25) is 0 Å². The Morgan fingerprint density at radius 2 is 2.15 bits per heavy atom. The van der Waals surface area contributed by atoms with Crippen molar-refractivity contribution in [2.45, 2.75) is 5.03 Å². The van der Waals surface area contributed by atoms with E-state index in [0.717, 1.165) is 5.03 Å². The highest BCUT2D eigenvalue weighted by molar-refractivity contribution is 7.98. The van der Waals surface area contributed by atoms with Crippen LogP contribution in [0.25, 0.3) is 0 Å². The van der Waals surface area contributed by atoms with Crippen LogP contribution in [0.1, 0.15) is 10.4 Å². The molecule has 0 atom stereocenters. The minimum absolute atomic E-state index is 0.227. The molecule has 0 saturated heterocycles. The Bertz CT molecular complexity index is 335. The molecular formula is C8H8N2O2S. The number of primary amides is 1. The fraction of sp³-hybridized carbons (Fsp3) is 0.125. The average molecular weight is 196 g/mol. The molecule has 0 aromatic carbocycles. The van der Waals surface area contributed by atoms with Crippen LogP contribution in [0.3, 0.4) is 0 Å². The van der Waals surface area contributed by atoms with Crippen molar-refractivity contribution in [1.82, 2.24) is 4.98 Å². The summed E-state index contributed by atoms with van der Waals surface area (Å²) in [5.74, 6) is -1.67. The van der Waals surface area contributed by atoms with E-state index in [1.165, 1.54) is 24.0 Å². The van der Waals surface area contributed by atoms with Crippen LogP contribution in [0.15, 0.2) is 23.4 Å². The van der Waals surface area contributed by atoms with Crippen LogP contribution in [0.5, 0.6) is 0 Å². The first-order chi connectivity index (χ1) is 6.15. The third kappa shape index (κ3) is 2.29. The maximum atomic E-state index is 11.0. The average Bonchev–Trinajstić information content (AvgIpc) is 2.17. The molecule has 1 aromatic heterocycles. The molecule has 4 nitrogen and oxygen atoms in total. The summed E-state index contributed by atoms with van der Waals surface area (Å²) < 4.78 is 0. The molecule has 2 N–H and O–H groups in total. The fourth-order valence-electron chi connectivity index (χ4n) is 0.778. The van der Waals surface area contributed by atoms with Crippen molar-refractivity contribution in [3.63, 3.8) is 0 Å². The normalized spacial score (nSPS) is 9.62. The Balaban J connectivity index is 2.92. The minimum atomic E-state index is -0.960. The molecule has 0 aliphatic rings. The molecule has 0 spiro atoms. The molecule has 0 fully saturated rings. The number of pyridine rings is 1. The largest absolute Gasteiger partial charge is 0.363 e. The summed E-state index contributed by atoms with van der Waals surface area (Å²) >= 11 is 1.46. The minimum Gasteiger partial charge on any atom is -0.363 e. The second-order valence-corrected chi connectivity index (χ2v) is 3.11. The van der Waals surface area contributed by atoms with Gasteiger partial charge in [-0.05, 0) is 18.4 Å². The third-order valence-corrected chi connectivity index (χ3v) is 2.09. The Morgan fingerprint density at radius 1 is 1.46 bits per heavy atom. The zero-order valence-corrected chi connectivity index (χ0v) is 7.80. The zero-order chi connectivity index (χ0) is 9.84. The van der Waals surface area contributed by atoms with Gasteiger partial charge in [0, 0.05) is 11.8 Å². The highest BCUT2D eigenvalue weighted by Crippen LogP contribution is 2.11. The third-order valence-electron chi connectivity index (χ3n) is 1.43. The SMILES string of the molecule is CSc1ccc(C(=O)C(N)=O)cn1. The van der Waals surface area contributed by atoms with E-state index in [2.05, 4.69) is 4.98 Å². The van der Waals surface area contributed by atoms with Crippen molar-refractivity contribution in [1.29, 1.82) is 0 Å². The van der Waals surface area contributed by atoms with Gasteiger partial charge in [-0.3, -0.25) is 9.59 Å². The lowest BCUT2D eigenvalue weighted by molar-refractivity contribution is -0.114. The highest BCUT2D eigenvalue weighted by atomic mass is 32.2. The van der Waals surface area contributed by atoms with E-state index in [1.54, 1.807) is 6.07 Å². The topological polar surface area (TPSA) is 73.1 Å². The number of hydrogen-bond donors (Lipinski definition) is 1. The summed E-state index contributed by atoms with van der Waals surface area (Å²) in [6.45, 7) is 0. The quantitative estimate of drug-likeness (QED) is 0.433. The van der Waals surface area contributed by atoms with E-state index >= 15 is 0 Å². The number of nitrogens with zero attached hydrogens (tertiary/aromatic N) is 1. The van der Waals surface area contributed by atoms with Crippen LogP contribution in [0, 0.1) is 0 Å². The van der Waals surface area contributed by atoms with Gasteiger partial charge in [0.2, 0.25) is 0 Å². The van der Waals surface area contributed by atoms with Crippen LogP contribution < -0.4 is 5.73 Å². The molecular weight excluding hydrogens is 188 g/mol. The summed E-state index contributed by atoms with van der Waals surface area (Å²) in [6.07, 6.45) is 3.22. The Kier molecular flexibility index (Phi) is 3.02. The molecule has 0 unspecified atom stereocenters. The number of aromatic nitrogens is 1. The number of rotatable bonds is 3. The first kappa shape index (κ1) is 9.73. The number of nitrogens with two attached hydrogens (primary N) is 1. The number of carbonyl (C=O) groups is 2. The Labute approximate surface area is 79.5 Å². The van der Waals surface area contributed by atoms with Crippen molar-refractivity contribution < 1.29 is 9.59 Å². The van der Waals surface area contributed by atoms with Crippen LogP contribution in [-0.4, -0.2) is 22.9 Å². The molecule has 0 bridgehead atoms. The summed E-state index contributed by atoms with van der Waals surface area (Å²) in [7, 11) is 0. The maximum Gasteiger partial charge on any atom is 0.289 e. The molecule has 1 heterocycles. The molecule has 0 aliphatic heterocycles. The van der Waals surface area contributed by atoms with E-state index < -0.39 is 11.7 Å². The number of hydrogen-bond acceptors (Lipinski definition) is 4. The van der Waals surface area contributed by atoms with E-state index in [0.29, 0.717) is 0 Å². The van der Waals surface area contributed by atoms with Gasteiger partial charge in [-0.15, -0.1) is 11.8 Å². The molecule has 68 valence electrons. The number of thioether (sulfide) groups is 1. The van der Waals surface area contributed by atoms with Crippen molar-refractivity contribution >= 4 is 23.5 Å². The van der Waals surface area contributed by atoms with E-state index in [1.807, 2.05) is 6.26 Å². The predicted octanol–water partition coefficient (Wildman–Crippen LogP) is 0.472. The van der Waals surface area contributed by atoms with Gasteiger partial charge >= 0.3 is 0 Å². The second kappa shape index (κ2) is 4.04. The van der Waals surface area contributed by atoms with Gasteiger partial charge in [0.05, 0.1) is 5.03 Å². The summed E-state index contributed by atoms with van der Waals surface area (Å²) in [4.78, 5) is 25.5. The molecule has 1 amide bonds. The van der Waals surface area contributed by atoms with E-state index in [-0.39, 0.29) is 5.56 Å². The number of Topliss-reactive ketones (excluding diaryl/α,β-unsaturated/α-hetero) is 1. The van der Waals surface area contributed by atoms with Crippen molar-refractivity contribution in [3.05, 3.63) is 23.9 Å². The molecule has 0 aliphatic carbocycles. The fourth-order valence-corrected chi connectivity index (χ4v) is 1.14. The van der Waals surface area contributed by atoms with Crippen molar-refractivity contribution in [2.75, 3.05) is 6.26 Å². The van der Waals surface area contributed by atoms with E-state index in [9.17, 15) is 9.59 Å². The zero-order valence-electron chi connectivity index (χ0n) is 6.98. The Morgan fingerprint density at radius 3 is 2.54 bits per heavy atom. The lowest BCUT2D eigenvalue weighted by atomic mass is 10.2. The van der Waals surface area contributed by atoms with Gasteiger partial charge in [0.1, 0.15) is 0 Å². The van der Waals surface area contributed by atoms with Gasteiger partial charge in [-0.1, -0.05) is 0 Å². The molecule has 5 heteroatoms. The molecule has 1 rings (SSSR count). The first-order valence-corrected chi connectivity index (χ1v) is 4.72. The first-order valence-electron chi connectivity index (χ1n) is 3.49. The monoisotopic (exact) mass is 196 g/mol. The summed E-state index contributed by atoms with van der Waals surface area (Å²) in [5.41, 5.74) is 5.04. The smallest absolute Gasteiger partial charge is 0.289 e. The number of ketones is 1. The van der Waals surface area contributed by atoms with Gasteiger partial charge < -0.3 is 5.73 Å². The standard InChI is InChI=1S/C8H8N2O2S/c1-13-6-3-2-5(4-10-6)7(11)8(9)12/h2-4H,1H3,(H2,9,12). The van der Waals surface area contributed by atoms with Crippen molar-refractivity contribution in [3.8, 4) is 0 Å². The molecule has 0 radical (unpaired) electrons. The second-order valence-electron chi connectivity index (χ2n) is 2.28. The summed E-state index contributed by atoms with van der Waals surface area (Å²) in [6, 6.07) is 3.20. The number of amides is 1. The van der Waals surface area contributed by atoms with Crippen LogP contribution >= 0.6 is 11.8 Å². The van der Waals surface area contributed by atoms with Crippen LogP contribution in [0.4, 0.5) is 0 Å². The van der Waals surface area contributed by atoms with Gasteiger partial charge in [0.15, 0.2) is 0 Å². The number of carbonyl (C=O) groups excluding carboxylic acids is 2. The highest BCUT2D eigenvalue weighted by Gasteiger charge is 2.11. The van der Waals surface area contributed by atoms with E-state index in [4.69, 9.17) is 5.73 Å². The van der Waals surface area contributed by atoms with Gasteiger partial charge in [0.25, 0.3) is 11.7 Å². The lowest BCUT2D eigenvalue weighted by Gasteiger charge is -1.97. The van der Waals surface area contributed by atoms with Gasteiger partial charge in [-0.25, -0.2) is 4.98 Å². The molecule has 13 heavy (non-hydrogen) atoms. The summed E-state index contributed by atoms with van der Waals surface area (Å²) in [5, 5.41) is 0.793. The lowest BCUT2D eigenvalue weighted by Crippen LogP contribution is -2.23. The predicted molar refractivity (Wildman–Crippen MR) is 49.5 cm³/mol. The molecule has 1 aromatic rings. The van der Waals surface area contributed by atoms with Crippen molar-refractivity contribution in [2.24, 2.45) is 5.73 Å². The van der Waals surface area contributed by atoms with Gasteiger partial charge in [-0.2, -0.15) is 0 Å². The maximum absolute atomic E-state index is 11.0. The van der Waals surface area contributed by atoms with Crippen LogP contribution in [-0.2, 0) is 4.79 Å².